The molecule has 0 bridgehead atoms. The summed E-state index contributed by atoms with van der Waals surface area (Å²) in [4.78, 5) is 28.9. The normalized spacial score (nSPS) is 11.2. The molecule has 2 heterocycles. The van der Waals surface area contributed by atoms with E-state index in [0.717, 1.165) is 18.1 Å². The van der Waals surface area contributed by atoms with E-state index in [4.69, 9.17) is 36.3 Å². The summed E-state index contributed by atoms with van der Waals surface area (Å²) < 4.78 is 12.4. The van der Waals surface area contributed by atoms with Crippen LogP contribution < -0.4 is 26.6 Å². The Labute approximate surface area is 224 Å². The lowest BCUT2D eigenvalue weighted by Crippen LogP contribution is -2.18. The van der Waals surface area contributed by atoms with Crippen molar-refractivity contribution in [3.63, 3.8) is 0 Å². The van der Waals surface area contributed by atoms with Crippen molar-refractivity contribution >= 4 is 17.5 Å². The van der Waals surface area contributed by atoms with Crippen LogP contribution in [0.1, 0.15) is 42.3 Å². The summed E-state index contributed by atoms with van der Waals surface area (Å²) in [6.07, 6.45) is 2.07. The standard InChI is InChI=1S/C25H27N7O3.C2H4O2/c1-3-35-21-14-17(10-11-20(21)34-2)18(13-15-6-8-16(9-7-15)22(27)28)23-30-25(33)32(31-23)24-19(26)5-4-12-29-24;1-2(3)4/h4-12,14,18H,3,13,26H2,1-2H3,(H3,27,28)(H,30,31,33);1H3,(H,3,4). The van der Waals surface area contributed by atoms with Gasteiger partial charge in [-0.15, -0.1) is 5.10 Å². The lowest BCUT2D eigenvalue weighted by molar-refractivity contribution is -0.134. The van der Waals surface area contributed by atoms with Gasteiger partial charge in [0, 0.05) is 24.6 Å². The first kappa shape index (κ1) is 28.4. The number of nitrogens with two attached hydrogens (primary N) is 2. The maximum atomic E-state index is 12.8. The molecular weight excluding hydrogens is 502 g/mol. The number of aromatic nitrogens is 4. The largest absolute Gasteiger partial charge is 0.493 e. The third kappa shape index (κ3) is 7.22. The highest BCUT2D eigenvalue weighted by Crippen LogP contribution is 2.34. The average molecular weight is 534 g/mol. The zero-order chi connectivity index (χ0) is 28.5. The highest BCUT2D eigenvalue weighted by Gasteiger charge is 2.23. The molecule has 12 heteroatoms. The maximum absolute atomic E-state index is 12.8. The molecule has 0 aliphatic heterocycles. The van der Waals surface area contributed by atoms with E-state index in [1.165, 1.54) is 4.68 Å². The van der Waals surface area contributed by atoms with Crippen LogP contribution in [-0.4, -0.2) is 50.4 Å². The van der Waals surface area contributed by atoms with Crippen molar-refractivity contribution in [1.82, 2.24) is 19.7 Å². The molecule has 0 saturated heterocycles. The van der Waals surface area contributed by atoms with Crippen molar-refractivity contribution in [2.24, 2.45) is 5.73 Å². The highest BCUT2D eigenvalue weighted by atomic mass is 16.5. The number of hydrogen-bond donors (Lipinski definition) is 5. The molecule has 4 aromatic rings. The first-order chi connectivity index (χ1) is 18.6. The summed E-state index contributed by atoms with van der Waals surface area (Å²) >= 11 is 0. The average Bonchev–Trinajstić information content (AvgIpc) is 3.28. The summed E-state index contributed by atoms with van der Waals surface area (Å²) in [5.74, 6) is 0.751. The lowest BCUT2D eigenvalue weighted by atomic mass is 9.90. The molecule has 2 aromatic carbocycles. The summed E-state index contributed by atoms with van der Waals surface area (Å²) in [5.41, 5.74) is 14.0. The number of rotatable bonds is 9. The maximum Gasteiger partial charge on any atom is 0.349 e. The van der Waals surface area contributed by atoms with Crippen LogP contribution in [0.2, 0.25) is 0 Å². The third-order valence-corrected chi connectivity index (χ3v) is 5.58. The summed E-state index contributed by atoms with van der Waals surface area (Å²) in [7, 11) is 1.59. The second-order valence-corrected chi connectivity index (χ2v) is 8.37. The van der Waals surface area contributed by atoms with Crippen molar-refractivity contribution in [3.8, 4) is 17.3 Å². The Bertz CT molecular complexity index is 1490. The molecule has 1 atom stereocenters. The van der Waals surface area contributed by atoms with Crippen LogP contribution in [0.15, 0.2) is 65.6 Å². The number of nitrogens with zero attached hydrogens (tertiary/aromatic N) is 3. The number of benzene rings is 2. The fourth-order valence-electron chi connectivity index (χ4n) is 3.83. The van der Waals surface area contributed by atoms with E-state index in [2.05, 4.69) is 15.1 Å². The van der Waals surface area contributed by atoms with Gasteiger partial charge >= 0.3 is 5.69 Å². The number of pyridine rings is 1. The molecule has 1 unspecified atom stereocenters. The van der Waals surface area contributed by atoms with E-state index in [1.54, 1.807) is 37.6 Å². The van der Waals surface area contributed by atoms with Gasteiger partial charge in [0.1, 0.15) is 11.7 Å². The molecule has 0 aliphatic rings. The molecule has 7 N–H and O–H groups in total. The van der Waals surface area contributed by atoms with Gasteiger partial charge < -0.3 is 26.0 Å². The third-order valence-electron chi connectivity index (χ3n) is 5.58. The Hall–Kier alpha value is -5.13. The molecule has 0 aliphatic carbocycles. The van der Waals surface area contributed by atoms with Gasteiger partial charge in [0.05, 0.1) is 19.4 Å². The van der Waals surface area contributed by atoms with E-state index < -0.39 is 11.7 Å². The number of methoxy groups -OCH3 is 1. The minimum Gasteiger partial charge on any atom is -0.493 e. The number of aliphatic carboxylic acids is 1. The van der Waals surface area contributed by atoms with Crippen LogP contribution >= 0.6 is 0 Å². The van der Waals surface area contributed by atoms with E-state index in [9.17, 15) is 4.79 Å². The van der Waals surface area contributed by atoms with E-state index >= 15 is 0 Å². The first-order valence-electron chi connectivity index (χ1n) is 12.0. The second kappa shape index (κ2) is 12.9. The SMILES string of the molecule is CC(=O)O.CCOc1cc(C(Cc2ccc(C(=N)N)cc2)c2nn(-c3ncccc3N)c(=O)[nH]2)ccc1OC. The molecule has 0 fully saturated rings. The van der Waals surface area contributed by atoms with Gasteiger partial charge in [-0.2, -0.15) is 4.68 Å². The molecule has 4 rings (SSSR count). The van der Waals surface area contributed by atoms with Gasteiger partial charge in [-0.25, -0.2) is 9.78 Å². The van der Waals surface area contributed by atoms with Gasteiger partial charge in [0.15, 0.2) is 17.3 Å². The van der Waals surface area contributed by atoms with Crippen LogP contribution in [0, 0.1) is 5.41 Å². The Kier molecular flexibility index (Phi) is 9.41. The number of aromatic amines is 1. The number of hydrogen-bond acceptors (Lipinski definition) is 8. The van der Waals surface area contributed by atoms with Crippen molar-refractivity contribution in [1.29, 1.82) is 5.41 Å². The summed E-state index contributed by atoms with van der Waals surface area (Å²) in [6, 6.07) is 16.4. The topological polar surface area (TPSA) is 195 Å². The van der Waals surface area contributed by atoms with Gasteiger partial charge in [-0.3, -0.25) is 15.2 Å². The number of carboxylic acids is 1. The summed E-state index contributed by atoms with van der Waals surface area (Å²) in [5, 5.41) is 19.6. The minimum absolute atomic E-state index is 0.000587. The first-order valence-corrected chi connectivity index (χ1v) is 12.0. The van der Waals surface area contributed by atoms with Crippen LogP contribution in [0.3, 0.4) is 0 Å². The zero-order valence-electron chi connectivity index (χ0n) is 21.8. The molecule has 204 valence electrons. The molecule has 0 amide bonds. The number of ether oxygens (including phenoxy) is 2. The highest BCUT2D eigenvalue weighted by molar-refractivity contribution is 5.94. The van der Waals surface area contributed by atoms with Crippen molar-refractivity contribution in [2.45, 2.75) is 26.2 Å². The quantitative estimate of drug-likeness (QED) is 0.159. The van der Waals surface area contributed by atoms with Gasteiger partial charge in [0.2, 0.25) is 0 Å². The predicted octanol–water partition coefficient (Wildman–Crippen LogP) is 2.69. The number of H-pyrrole nitrogens is 1. The molecular formula is C27H31N7O5. The van der Waals surface area contributed by atoms with Crippen molar-refractivity contribution in [3.05, 3.63) is 93.8 Å². The number of nitrogens with one attached hydrogen (secondary N) is 2. The molecule has 0 radical (unpaired) electrons. The van der Waals surface area contributed by atoms with Crippen LogP contribution in [0.4, 0.5) is 5.69 Å². The van der Waals surface area contributed by atoms with Crippen molar-refractivity contribution < 1.29 is 19.4 Å². The van der Waals surface area contributed by atoms with Gasteiger partial charge in [0.25, 0.3) is 5.97 Å². The fourth-order valence-corrected chi connectivity index (χ4v) is 3.83. The number of nitrogen functional groups attached to an aromatic ring is 2. The van der Waals surface area contributed by atoms with Crippen LogP contribution in [0.5, 0.6) is 11.5 Å². The van der Waals surface area contributed by atoms with E-state index in [0.29, 0.717) is 41.6 Å². The summed E-state index contributed by atoms with van der Waals surface area (Å²) in [6.45, 7) is 3.46. The van der Waals surface area contributed by atoms with Gasteiger partial charge in [-0.05, 0) is 48.7 Å². The molecule has 12 nitrogen and oxygen atoms in total. The lowest BCUT2D eigenvalue weighted by Gasteiger charge is -2.18. The molecule has 0 spiro atoms. The van der Waals surface area contributed by atoms with Crippen molar-refractivity contribution in [2.75, 3.05) is 19.5 Å². The van der Waals surface area contributed by atoms with E-state index in [-0.39, 0.29) is 17.6 Å². The number of carboxylic acid groups (broad SMARTS) is 1. The fraction of sp³-hybridized carbons (Fsp3) is 0.222. The minimum atomic E-state index is -0.833. The Morgan fingerprint density at radius 1 is 1.18 bits per heavy atom. The van der Waals surface area contributed by atoms with E-state index in [1.807, 2.05) is 37.3 Å². The molecule has 39 heavy (non-hydrogen) atoms. The van der Waals surface area contributed by atoms with Crippen LogP contribution in [-0.2, 0) is 11.2 Å². The Morgan fingerprint density at radius 3 is 2.46 bits per heavy atom. The number of carbonyl (C=O) groups is 1. The number of amidine groups is 1. The molecule has 0 saturated carbocycles. The number of anilines is 1. The van der Waals surface area contributed by atoms with Crippen LogP contribution in [0.25, 0.3) is 5.82 Å². The monoisotopic (exact) mass is 533 g/mol. The smallest absolute Gasteiger partial charge is 0.349 e. The second-order valence-electron chi connectivity index (χ2n) is 8.37. The van der Waals surface area contributed by atoms with Gasteiger partial charge in [-0.1, -0.05) is 30.3 Å². The molecule has 2 aromatic heterocycles. The predicted molar refractivity (Wildman–Crippen MR) is 147 cm³/mol. The Balaban J connectivity index is 0.000000983. The Morgan fingerprint density at radius 2 is 1.87 bits per heavy atom. The zero-order valence-corrected chi connectivity index (χ0v) is 21.8.